The van der Waals surface area contributed by atoms with Gasteiger partial charge in [-0.15, -0.1) is 0 Å². The van der Waals surface area contributed by atoms with Crippen molar-refractivity contribution in [3.05, 3.63) is 65.7 Å². The van der Waals surface area contributed by atoms with Crippen LogP contribution in [0.15, 0.2) is 54.6 Å². The summed E-state index contributed by atoms with van der Waals surface area (Å²) in [5.74, 6) is 1.02. The van der Waals surface area contributed by atoms with Crippen molar-refractivity contribution < 1.29 is 4.74 Å². The molecule has 0 amide bonds. The summed E-state index contributed by atoms with van der Waals surface area (Å²) in [4.78, 5) is 0. The Hall–Kier alpha value is -1.80. The number of rotatable bonds is 7. The summed E-state index contributed by atoms with van der Waals surface area (Å²) in [6.07, 6.45) is 7.72. The molecule has 0 unspecified atom stereocenters. The summed E-state index contributed by atoms with van der Waals surface area (Å²) < 4.78 is 6.04. The van der Waals surface area contributed by atoms with Crippen LogP contribution < -0.4 is 10.1 Å². The summed E-state index contributed by atoms with van der Waals surface area (Å²) in [7, 11) is 0. The number of ether oxygens (including phenoxy) is 1. The van der Waals surface area contributed by atoms with Crippen LogP contribution in [-0.2, 0) is 13.0 Å². The lowest BCUT2D eigenvalue weighted by molar-refractivity contribution is 0.314. The van der Waals surface area contributed by atoms with Crippen molar-refractivity contribution >= 4 is 0 Å². The molecule has 122 valence electrons. The van der Waals surface area contributed by atoms with Crippen LogP contribution in [-0.4, -0.2) is 12.6 Å². The van der Waals surface area contributed by atoms with Gasteiger partial charge in [0.1, 0.15) is 5.75 Å². The number of para-hydroxylation sites is 1. The zero-order valence-corrected chi connectivity index (χ0v) is 13.8. The molecule has 0 atom stereocenters. The molecule has 3 rings (SSSR count). The molecule has 0 bridgehead atoms. The highest BCUT2D eigenvalue weighted by Crippen LogP contribution is 2.21. The standard InChI is InChI=1S/C21H27NO/c1-3-9-18(10-4-1)15-16-23-21-14-8-7-11-19(21)17-22-20-12-5-2-6-13-20/h1,3-4,7-11,14,20,22H,2,5-6,12-13,15-17H2. The van der Waals surface area contributed by atoms with Crippen molar-refractivity contribution in [2.24, 2.45) is 0 Å². The highest BCUT2D eigenvalue weighted by Gasteiger charge is 2.13. The van der Waals surface area contributed by atoms with Gasteiger partial charge >= 0.3 is 0 Å². The summed E-state index contributed by atoms with van der Waals surface area (Å²) in [5.41, 5.74) is 2.59. The highest BCUT2D eigenvalue weighted by molar-refractivity contribution is 5.33. The first-order chi connectivity index (χ1) is 11.4. The van der Waals surface area contributed by atoms with Gasteiger partial charge in [0.2, 0.25) is 0 Å². The van der Waals surface area contributed by atoms with E-state index in [1.807, 2.05) is 0 Å². The topological polar surface area (TPSA) is 21.3 Å². The number of hydrogen-bond donors (Lipinski definition) is 1. The maximum Gasteiger partial charge on any atom is 0.123 e. The Morgan fingerprint density at radius 1 is 0.870 bits per heavy atom. The van der Waals surface area contributed by atoms with Gasteiger partial charge in [0.05, 0.1) is 6.61 Å². The predicted molar refractivity (Wildman–Crippen MR) is 95.8 cm³/mol. The fraction of sp³-hybridized carbons (Fsp3) is 0.429. The van der Waals surface area contributed by atoms with E-state index < -0.39 is 0 Å². The molecule has 2 aromatic carbocycles. The molecule has 23 heavy (non-hydrogen) atoms. The van der Waals surface area contributed by atoms with Crippen molar-refractivity contribution in [1.82, 2.24) is 5.32 Å². The van der Waals surface area contributed by atoms with E-state index in [2.05, 4.69) is 59.9 Å². The Bertz CT molecular complexity index is 575. The fourth-order valence-electron chi connectivity index (χ4n) is 3.28. The van der Waals surface area contributed by atoms with Crippen LogP contribution in [0, 0.1) is 0 Å². The maximum absolute atomic E-state index is 6.04. The van der Waals surface area contributed by atoms with Gasteiger partial charge in [-0.05, 0) is 24.5 Å². The van der Waals surface area contributed by atoms with Crippen LogP contribution in [0.3, 0.4) is 0 Å². The molecule has 1 fully saturated rings. The lowest BCUT2D eigenvalue weighted by Gasteiger charge is -2.23. The molecule has 0 spiro atoms. The van der Waals surface area contributed by atoms with Gasteiger partial charge in [0.25, 0.3) is 0 Å². The number of benzene rings is 2. The Balaban J connectivity index is 1.50. The molecule has 1 N–H and O–H groups in total. The molecule has 2 nitrogen and oxygen atoms in total. The van der Waals surface area contributed by atoms with E-state index in [1.54, 1.807) is 0 Å². The first-order valence-electron chi connectivity index (χ1n) is 8.90. The minimum atomic E-state index is 0.682. The first-order valence-corrected chi connectivity index (χ1v) is 8.90. The molecule has 1 saturated carbocycles. The molecular formula is C21H27NO. The molecule has 0 aliphatic heterocycles. The Morgan fingerprint density at radius 2 is 1.61 bits per heavy atom. The minimum Gasteiger partial charge on any atom is -0.493 e. The Labute approximate surface area is 139 Å². The van der Waals surface area contributed by atoms with Crippen LogP contribution in [0.5, 0.6) is 5.75 Å². The smallest absolute Gasteiger partial charge is 0.123 e. The van der Waals surface area contributed by atoms with Gasteiger partial charge in [-0.2, -0.15) is 0 Å². The number of hydrogen-bond acceptors (Lipinski definition) is 2. The quantitative estimate of drug-likeness (QED) is 0.798. The molecule has 0 saturated heterocycles. The molecule has 0 radical (unpaired) electrons. The third kappa shape index (κ3) is 5.11. The molecule has 2 heteroatoms. The molecule has 1 aliphatic carbocycles. The van der Waals surface area contributed by atoms with E-state index in [9.17, 15) is 0 Å². The predicted octanol–water partition coefficient (Wildman–Crippen LogP) is 4.73. The Kier molecular flexibility index (Phi) is 6.10. The monoisotopic (exact) mass is 309 g/mol. The van der Waals surface area contributed by atoms with E-state index in [4.69, 9.17) is 4.74 Å². The molecule has 0 aromatic heterocycles. The third-order valence-corrected chi connectivity index (χ3v) is 4.65. The van der Waals surface area contributed by atoms with Crippen LogP contribution in [0.1, 0.15) is 43.2 Å². The lowest BCUT2D eigenvalue weighted by atomic mass is 9.95. The Morgan fingerprint density at radius 3 is 2.43 bits per heavy atom. The zero-order valence-electron chi connectivity index (χ0n) is 13.8. The van der Waals surface area contributed by atoms with Crippen LogP contribution in [0.25, 0.3) is 0 Å². The van der Waals surface area contributed by atoms with Crippen molar-refractivity contribution in [3.63, 3.8) is 0 Å². The van der Waals surface area contributed by atoms with E-state index in [0.29, 0.717) is 6.04 Å². The summed E-state index contributed by atoms with van der Waals surface area (Å²) in [6.45, 7) is 1.64. The molecule has 2 aromatic rings. The molecule has 0 heterocycles. The van der Waals surface area contributed by atoms with Gasteiger partial charge < -0.3 is 10.1 Å². The number of nitrogens with one attached hydrogen (secondary N) is 1. The maximum atomic E-state index is 6.04. The van der Waals surface area contributed by atoms with E-state index in [0.717, 1.165) is 25.3 Å². The SMILES string of the molecule is c1ccc(CCOc2ccccc2CNC2CCCCC2)cc1. The van der Waals surface area contributed by atoms with E-state index in [-0.39, 0.29) is 0 Å². The lowest BCUT2D eigenvalue weighted by Crippen LogP contribution is -2.30. The van der Waals surface area contributed by atoms with Crippen LogP contribution >= 0.6 is 0 Å². The van der Waals surface area contributed by atoms with Crippen molar-refractivity contribution in [2.75, 3.05) is 6.61 Å². The summed E-state index contributed by atoms with van der Waals surface area (Å²) in [5, 5.41) is 3.71. The van der Waals surface area contributed by atoms with E-state index in [1.165, 1.54) is 43.2 Å². The van der Waals surface area contributed by atoms with Crippen molar-refractivity contribution in [3.8, 4) is 5.75 Å². The minimum absolute atomic E-state index is 0.682. The molecule has 1 aliphatic rings. The third-order valence-electron chi connectivity index (χ3n) is 4.65. The van der Waals surface area contributed by atoms with Crippen LogP contribution in [0.2, 0.25) is 0 Å². The second kappa shape index (κ2) is 8.73. The summed E-state index contributed by atoms with van der Waals surface area (Å²) in [6, 6.07) is 19.6. The van der Waals surface area contributed by atoms with Gasteiger partial charge in [0.15, 0.2) is 0 Å². The van der Waals surface area contributed by atoms with Gasteiger partial charge in [-0.25, -0.2) is 0 Å². The van der Waals surface area contributed by atoms with Crippen molar-refractivity contribution in [1.29, 1.82) is 0 Å². The second-order valence-corrected chi connectivity index (χ2v) is 6.41. The van der Waals surface area contributed by atoms with Gasteiger partial charge in [-0.1, -0.05) is 67.8 Å². The highest BCUT2D eigenvalue weighted by atomic mass is 16.5. The van der Waals surface area contributed by atoms with Crippen LogP contribution in [0.4, 0.5) is 0 Å². The average molecular weight is 309 g/mol. The first kappa shape index (κ1) is 16.1. The molecular weight excluding hydrogens is 282 g/mol. The van der Waals surface area contributed by atoms with Gasteiger partial charge in [0, 0.05) is 24.6 Å². The van der Waals surface area contributed by atoms with E-state index >= 15 is 0 Å². The van der Waals surface area contributed by atoms with Crippen molar-refractivity contribution in [2.45, 2.75) is 51.1 Å². The fourth-order valence-corrected chi connectivity index (χ4v) is 3.28. The largest absolute Gasteiger partial charge is 0.493 e. The van der Waals surface area contributed by atoms with Gasteiger partial charge in [-0.3, -0.25) is 0 Å². The zero-order chi connectivity index (χ0) is 15.7. The average Bonchev–Trinajstić information content (AvgIpc) is 2.63. The second-order valence-electron chi connectivity index (χ2n) is 6.41. The normalized spacial score (nSPS) is 15.5. The summed E-state index contributed by atoms with van der Waals surface area (Å²) >= 11 is 0.